The summed E-state index contributed by atoms with van der Waals surface area (Å²) >= 11 is 1.43. The Bertz CT molecular complexity index is 536. The summed E-state index contributed by atoms with van der Waals surface area (Å²) < 4.78 is 42.8. The summed E-state index contributed by atoms with van der Waals surface area (Å²) in [6.45, 7) is 1.91. The minimum Gasteiger partial charge on any atom is -0.472 e. The Morgan fingerprint density at radius 2 is 2.11 bits per heavy atom. The van der Waals surface area contributed by atoms with Crippen molar-refractivity contribution in [2.75, 3.05) is 0 Å². The topological polar surface area (TPSA) is 22.1 Å². The number of ether oxygens (including phenoxy) is 1. The first-order chi connectivity index (χ1) is 8.45. The molecule has 96 valence electrons. The zero-order valence-electron chi connectivity index (χ0n) is 9.49. The van der Waals surface area contributed by atoms with Crippen LogP contribution >= 0.6 is 11.3 Å². The van der Waals surface area contributed by atoms with Gasteiger partial charge < -0.3 is 4.74 Å². The van der Waals surface area contributed by atoms with Crippen molar-refractivity contribution in [1.29, 1.82) is 0 Å². The fraction of sp³-hybridized carbons (Fsp3) is 0.250. The Hall–Kier alpha value is -1.56. The summed E-state index contributed by atoms with van der Waals surface area (Å²) in [6.07, 6.45) is -4.33. The number of aromatic nitrogens is 1. The van der Waals surface area contributed by atoms with Gasteiger partial charge in [0, 0.05) is 0 Å². The van der Waals surface area contributed by atoms with Crippen molar-refractivity contribution >= 4 is 11.3 Å². The van der Waals surface area contributed by atoms with Crippen LogP contribution in [0.25, 0.3) is 0 Å². The van der Waals surface area contributed by atoms with E-state index in [0.29, 0.717) is 11.4 Å². The normalized spacial score (nSPS) is 11.6. The molecule has 0 saturated heterocycles. The number of rotatable bonds is 3. The van der Waals surface area contributed by atoms with Crippen molar-refractivity contribution in [2.45, 2.75) is 19.7 Å². The zero-order valence-corrected chi connectivity index (χ0v) is 10.3. The molecule has 0 fully saturated rings. The van der Waals surface area contributed by atoms with Gasteiger partial charge in [0.05, 0.1) is 16.0 Å². The molecule has 0 atom stereocenters. The molecule has 1 heterocycles. The van der Waals surface area contributed by atoms with Gasteiger partial charge >= 0.3 is 6.18 Å². The van der Waals surface area contributed by atoms with Crippen LogP contribution in [0.2, 0.25) is 0 Å². The van der Waals surface area contributed by atoms with E-state index in [4.69, 9.17) is 4.74 Å². The van der Waals surface area contributed by atoms with Crippen LogP contribution in [-0.4, -0.2) is 4.98 Å². The van der Waals surface area contributed by atoms with Crippen LogP contribution < -0.4 is 4.74 Å². The summed E-state index contributed by atoms with van der Waals surface area (Å²) in [5.41, 5.74) is -0.200. The number of benzene rings is 1. The molecule has 18 heavy (non-hydrogen) atoms. The Balaban J connectivity index is 2.06. The smallest absolute Gasteiger partial charge is 0.416 e. The highest BCUT2D eigenvalue weighted by atomic mass is 32.1. The van der Waals surface area contributed by atoms with Crippen molar-refractivity contribution in [1.82, 2.24) is 4.98 Å². The molecule has 0 unspecified atom stereocenters. The molecule has 0 N–H and O–H groups in total. The van der Waals surface area contributed by atoms with Crippen molar-refractivity contribution < 1.29 is 17.9 Å². The van der Waals surface area contributed by atoms with Gasteiger partial charge in [-0.25, -0.2) is 4.98 Å². The Labute approximate surface area is 106 Å². The SMILES string of the molecule is Cc1nc(OCc2cccc(C(F)(F)F)c2)cs1. The summed E-state index contributed by atoms with van der Waals surface area (Å²) in [6, 6.07) is 5.08. The lowest BCUT2D eigenvalue weighted by atomic mass is 10.1. The van der Waals surface area contributed by atoms with Crippen LogP contribution in [0.15, 0.2) is 29.6 Å². The third-order valence-electron chi connectivity index (χ3n) is 2.24. The monoisotopic (exact) mass is 273 g/mol. The minimum absolute atomic E-state index is 0.0765. The number of hydrogen-bond donors (Lipinski definition) is 0. The van der Waals surface area contributed by atoms with Crippen molar-refractivity contribution in [3.63, 3.8) is 0 Å². The number of aryl methyl sites for hydroxylation is 1. The molecule has 0 bridgehead atoms. The molecule has 2 rings (SSSR count). The highest BCUT2D eigenvalue weighted by Gasteiger charge is 2.30. The molecule has 1 aromatic carbocycles. The third-order valence-corrected chi connectivity index (χ3v) is 2.99. The summed E-state index contributed by atoms with van der Waals surface area (Å²) in [7, 11) is 0. The Morgan fingerprint density at radius 1 is 1.33 bits per heavy atom. The highest BCUT2D eigenvalue weighted by molar-refractivity contribution is 7.09. The molecule has 0 amide bonds. The predicted molar refractivity (Wildman–Crippen MR) is 62.6 cm³/mol. The Morgan fingerprint density at radius 3 is 2.72 bits per heavy atom. The predicted octanol–water partition coefficient (Wildman–Crippen LogP) is 4.05. The van der Waals surface area contributed by atoms with Crippen molar-refractivity contribution in [2.24, 2.45) is 0 Å². The average Bonchev–Trinajstić information content (AvgIpc) is 2.72. The molecule has 0 aliphatic carbocycles. The van der Waals surface area contributed by atoms with Gasteiger partial charge in [-0.3, -0.25) is 0 Å². The highest BCUT2D eigenvalue weighted by Crippen LogP contribution is 2.29. The number of hydrogen-bond acceptors (Lipinski definition) is 3. The lowest BCUT2D eigenvalue weighted by Crippen LogP contribution is -2.06. The minimum atomic E-state index is -4.33. The van der Waals surface area contributed by atoms with Crippen LogP contribution in [0.4, 0.5) is 13.2 Å². The molecule has 1 aromatic heterocycles. The molecular formula is C12H10F3NOS. The van der Waals surface area contributed by atoms with E-state index in [0.717, 1.165) is 17.1 Å². The second-order valence-corrected chi connectivity index (χ2v) is 4.75. The maximum Gasteiger partial charge on any atom is 0.416 e. The van der Waals surface area contributed by atoms with Gasteiger partial charge in [-0.05, 0) is 24.6 Å². The first-order valence-electron chi connectivity index (χ1n) is 5.16. The van der Waals surface area contributed by atoms with E-state index in [1.165, 1.54) is 17.4 Å². The average molecular weight is 273 g/mol. The summed E-state index contributed by atoms with van der Waals surface area (Å²) in [4.78, 5) is 4.07. The van der Waals surface area contributed by atoms with Crippen LogP contribution in [0, 0.1) is 6.92 Å². The maximum absolute atomic E-state index is 12.5. The molecule has 0 spiro atoms. The van der Waals surface area contributed by atoms with Gasteiger partial charge in [0.2, 0.25) is 5.88 Å². The summed E-state index contributed by atoms with van der Waals surface area (Å²) in [5, 5.41) is 2.58. The van der Waals surface area contributed by atoms with E-state index in [-0.39, 0.29) is 6.61 Å². The fourth-order valence-electron chi connectivity index (χ4n) is 1.40. The largest absolute Gasteiger partial charge is 0.472 e. The molecule has 6 heteroatoms. The second kappa shape index (κ2) is 4.97. The van der Waals surface area contributed by atoms with E-state index in [2.05, 4.69) is 4.98 Å². The van der Waals surface area contributed by atoms with E-state index in [9.17, 15) is 13.2 Å². The molecule has 0 aliphatic rings. The van der Waals surface area contributed by atoms with E-state index >= 15 is 0 Å². The van der Waals surface area contributed by atoms with Gasteiger partial charge in [-0.2, -0.15) is 13.2 Å². The van der Waals surface area contributed by atoms with Gasteiger partial charge in [0.25, 0.3) is 0 Å². The number of thiazole rings is 1. The molecule has 0 saturated carbocycles. The third kappa shape index (κ3) is 3.22. The lowest BCUT2D eigenvalue weighted by Gasteiger charge is -2.08. The van der Waals surface area contributed by atoms with E-state index < -0.39 is 11.7 Å². The fourth-order valence-corrected chi connectivity index (χ4v) is 1.94. The van der Waals surface area contributed by atoms with Gasteiger partial charge in [0.1, 0.15) is 6.61 Å². The van der Waals surface area contributed by atoms with Crippen molar-refractivity contribution in [3.8, 4) is 5.88 Å². The second-order valence-electron chi connectivity index (χ2n) is 3.69. The first kappa shape index (κ1) is 12.9. The van der Waals surface area contributed by atoms with Crippen molar-refractivity contribution in [3.05, 3.63) is 45.8 Å². The molecule has 0 aliphatic heterocycles. The number of halogens is 3. The molecule has 0 radical (unpaired) electrons. The Kier molecular flexibility index (Phi) is 3.56. The molecule has 2 aromatic rings. The maximum atomic E-state index is 12.5. The lowest BCUT2D eigenvalue weighted by molar-refractivity contribution is -0.137. The van der Waals surface area contributed by atoms with Crippen LogP contribution in [-0.2, 0) is 12.8 Å². The molecule has 2 nitrogen and oxygen atoms in total. The zero-order chi connectivity index (χ0) is 13.2. The number of alkyl halides is 3. The standard InChI is InChI=1S/C12H10F3NOS/c1-8-16-11(7-18-8)17-6-9-3-2-4-10(5-9)12(13,14)15/h2-5,7H,6H2,1H3. The van der Waals surface area contributed by atoms with Crippen LogP contribution in [0.3, 0.4) is 0 Å². The van der Waals surface area contributed by atoms with E-state index in [1.54, 1.807) is 11.4 Å². The van der Waals surface area contributed by atoms with Gasteiger partial charge in [0.15, 0.2) is 0 Å². The van der Waals surface area contributed by atoms with Crippen LogP contribution in [0.1, 0.15) is 16.1 Å². The van der Waals surface area contributed by atoms with Gasteiger partial charge in [-0.15, -0.1) is 11.3 Å². The first-order valence-corrected chi connectivity index (χ1v) is 6.04. The number of nitrogens with zero attached hydrogens (tertiary/aromatic N) is 1. The van der Waals surface area contributed by atoms with E-state index in [1.807, 2.05) is 6.92 Å². The summed E-state index contributed by atoms with van der Waals surface area (Å²) in [5.74, 6) is 0.440. The van der Waals surface area contributed by atoms with Crippen LogP contribution in [0.5, 0.6) is 5.88 Å². The van der Waals surface area contributed by atoms with Gasteiger partial charge in [-0.1, -0.05) is 12.1 Å². The quantitative estimate of drug-likeness (QED) is 0.841. The molecular weight excluding hydrogens is 263 g/mol.